The van der Waals surface area contributed by atoms with Crippen molar-refractivity contribution in [3.63, 3.8) is 0 Å². The van der Waals surface area contributed by atoms with Gasteiger partial charge in [-0.25, -0.2) is 8.42 Å². The Bertz CT molecular complexity index is 810. The fourth-order valence-electron chi connectivity index (χ4n) is 4.55. The SMILES string of the molecule is O=C(NCC(C1CCOC1)N1CCOCC1)c1sccc1S(=O)(=O)N1CCCCC1. The predicted molar refractivity (Wildman–Crippen MR) is 114 cm³/mol. The molecule has 4 rings (SSSR count). The summed E-state index contributed by atoms with van der Waals surface area (Å²) in [6.07, 6.45) is 3.77. The van der Waals surface area contributed by atoms with Gasteiger partial charge >= 0.3 is 0 Å². The average Bonchev–Trinajstić information content (AvgIpc) is 3.48. The highest BCUT2D eigenvalue weighted by molar-refractivity contribution is 7.89. The summed E-state index contributed by atoms with van der Waals surface area (Å²) in [5.41, 5.74) is 0. The van der Waals surface area contributed by atoms with E-state index >= 15 is 0 Å². The normalized spacial score (nSPS) is 25.3. The molecule has 3 aliphatic rings. The maximum absolute atomic E-state index is 13.1. The molecule has 1 N–H and O–H groups in total. The van der Waals surface area contributed by atoms with Gasteiger partial charge in [-0.2, -0.15) is 4.31 Å². The lowest BCUT2D eigenvalue weighted by molar-refractivity contribution is 0.00167. The number of hydrogen-bond donors (Lipinski definition) is 1. The van der Waals surface area contributed by atoms with Crippen molar-refractivity contribution in [1.82, 2.24) is 14.5 Å². The third-order valence-corrected chi connectivity index (χ3v) is 9.25. The van der Waals surface area contributed by atoms with E-state index < -0.39 is 10.0 Å². The van der Waals surface area contributed by atoms with Crippen LogP contribution in [0.3, 0.4) is 0 Å². The summed E-state index contributed by atoms with van der Waals surface area (Å²) in [5, 5.41) is 4.72. The molecule has 3 fully saturated rings. The van der Waals surface area contributed by atoms with Crippen LogP contribution >= 0.6 is 11.3 Å². The summed E-state index contributed by atoms with van der Waals surface area (Å²) in [7, 11) is -3.63. The van der Waals surface area contributed by atoms with Crippen molar-refractivity contribution in [2.24, 2.45) is 5.92 Å². The maximum Gasteiger partial charge on any atom is 0.262 e. The number of amides is 1. The number of sulfonamides is 1. The van der Waals surface area contributed by atoms with E-state index in [4.69, 9.17) is 9.47 Å². The van der Waals surface area contributed by atoms with Crippen molar-refractivity contribution >= 4 is 27.3 Å². The molecule has 0 bridgehead atoms. The van der Waals surface area contributed by atoms with E-state index in [0.29, 0.717) is 45.4 Å². The molecule has 3 saturated heterocycles. The summed E-state index contributed by atoms with van der Waals surface area (Å²) >= 11 is 1.19. The van der Waals surface area contributed by atoms with Gasteiger partial charge in [-0.05, 0) is 30.7 Å². The van der Waals surface area contributed by atoms with Crippen LogP contribution in [0, 0.1) is 5.92 Å². The first kappa shape index (κ1) is 22.2. The van der Waals surface area contributed by atoms with Gasteiger partial charge in [0.1, 0.15) is 9.77 Å². The number of hydrogen-bond acceptors (Lipinski definition) is 7. The first-order chi connectivity index (χ1) is 14.6. The lowest BCUT2D eigenvalue weighted by atomic mass is 9.97. The van der Waals surface area contributed by atoms with Gasteiger partial charge in [0.2, 0.25) is 10.0 Å². The smallest absolute Gasteiger partial charge is 0.262 e. The van der Waals surface area contributed by atoms with Crippen LogP contribution in [0.5, 0.6) is 0 Å². The van der Waals surface area contributed by atoms with E-state index in [1.54, 1.807) is 11.4 Å². The second-order valence-electron chi connectivity index (χ2n) is 8.13. The Balaban J connectivity index is 1.45. The Labute approximate surface area is 182 Å². The molecular weight excluding hydrogens is 426 g/mol. The van der Waals surface area contributed by atoms with Gasteiger partial charge in [0.15, 0.2) is 0 Å². The van der Waals surface area contributed by atoms with Gasteiger partial charge in [-0.1, -0.05) is 6.42 Å². The third-order valence-electron chi connectivity index (χ3n) is 6.26. The topological polar surface area (TPSA) is 88.2 Å². The summed E-state index contributed by atoms with van der Waals surface area (Å²) in [4.78, 5) is 15.8. The van der Waals surface area contributed by atoms with Gasteiger partial charge in [0.25, 0.3) is 5.91 Å². The lowest BCUT2D eigenvalue weighted by Crippen LogP contribution is -2.52. The van der Waals surface area contributed by atoms with Crippen LogP contribution in [-0.4, -0.2) is 88.7 Å². The summed E-state index contributed by atoms with van der Waals surface area (Å²) < 4.78 is 38.7. The van der Waals surface area contributed by atoms with E-state index in [2.05, 4.69) is 10.2 Å². The first-order valence-electron chi connectivity index (χ1n) is 10.8. The largest absolute Gasteiger partial charge is 0.381 e. The van der Waals surface area contributed by atoms with Crippen molar-refractivity contribution in [2.45, 2.75) is 36.6 Å². The molecule has 0 spiro atoms. The average molecular weight is 458 g/mol. The zero-order chi connectivity index (χ0) is 21.0. The molecule has 8 nitrogen and oxygen atoms in total. The van der Waals surface area contributed by atoms with Gasteiger partial charge in [0, 0.05) is 51.3 Å². The van der Waals surface area contributed by atoms with Gasteiger partial charge in [-0.3, -0.25) is 9.69 Å². The number of carbonyl (C=O) groups excluding carboxylic acids is 1. The van der Waals surface area contributed by atoms with E-state index in [1.165, 1.54) is 15.6 Å². The second kappa shape index (κ2) is 10.1. The molecule has 3 aliphatic heterocycles. The molecule has 0 aliphatic carbocycles. The third kappa shape index (κ3) is 4.89. The highest BCUT2D eigenvalue weighted by Gasteiger charge is 2.34. The Morgan fingerprint density at radius 3 is 2.60 bits per heavy atom. The Morgan fingerprint density at radius 1 is 1.13 bits per heavy atom. The summed E-state index contributed by atoms with van der Waals surface area (Å²) in [5.74, 6) is 0.0565. The predicted octanol–water partition coefficient (Wildman–Crippen LogP) is 1.39. The summed E-state index contributed by atoms with van der Waals surface area (Å²) in [6, 6.07) is 1.73. The molecule has 10 heteroatoms. The number of nitrogens with zero attached hydrogens (tertiary/aromatic N) is 2. The Morgan fingerprint density at radius 2 is 1.90 bits per heavy atom. The van der Waals surface area contributed by atoms with Crippen LogP contribution in [-0.2, 0) is 19.5 Å². The monoisotopic (exact) mass is 457 g/mol. The lowest BCUT2D eigenvalue weighted by Gasteiger charge is -2.37. The molecule has 0 saturated carbocycles. The Hall–Kier alpha value is -1.04. The number of piperidine rings is 1. The Kier molecular flexibility index (Phi) is 7.43. The zero-order valence-corrected chi connectivity index (χ0v) is 18.9. The molecule has 4 heterocycles. The van der Waals surface area contributed by atoms with Gasteiger partial charge < -0.3 is 14.8 Å². The first-order valence-corrected chi connectivity index (χ1v) is 13.1. The van der Waals surface area contributed by atoms with Gasteiger partial charge in [-0.15, -0.1) is 11.3 Å². The molecule has 2 unspecified atom stereocenters. The standard InChI is InChI=1S/C20H31N3O5S2/c24-20(19-18(5-13-29-19)30(25,26)23-6-2-1-3-7-23)21-14-17(16-4-10-28-15-16)22-8-11-27-12-9-22/h5,13,16-17H,1-4,6-12,14-15H2,(H,21,24). The van der Waals surface area contributed by atoms with Crippen LogP contribution in [0.25, 0.3) is 0 Å². The van der Waals surface area contributed by atoms with Crippen molar-refractivity contribution in [3.05, 3.63) is 16.3 Å². The van der Waals surface area contributed by atoms with Gasteiger partial charge in [0.05, 0.1) is 19.8 Å². The number of carbonyl (C=O) groups is 1. The molecule has 168 valence electrons. The second-order valence-corrected chi connectivity index (χ2v) is 11.0. The van der Waals surface area contributed by atoms with Crippen LogP contribution in [0.4, 0.5) is 0 Å². The van der Waals surface area contributed by atoms with E-state index in [-0.39, 0.29) is 21.7 Å². The van der Waals surface area contributed by atoms with Crippen LogP contribution < -0.4 is 5.32 Å². The fourth-order valence-corrected chi connectivity index (χ4v) is 7.38. The van der Waals surface area contributed by atoms with Crippen LogP contribution in [0.1, 0.15) is 35.4 Å². The van der Waals surface area contributed by atoms with E-state index in [0.717, 1.165) is 45.4 Å². The highest BCUT2D eigenvalue weighted by Crippen LogP contribution is 2.28. The zero-order valence-electron chi connectivity index (χ0n) is 17.3. The van der Waals surface area contributed by atoms with Crippen molar-refractivity contribution in [3.8, 4) is 0 Å². The molecule has 0 radical (unpaired) electrons. The van der Waals surface area contributed by atoms with Crippen molar-refractivity contribution in [2.75, 3.05) is 59.2 Å². The molecule has 2 atom stereocenters. The van der Waals surface area contributed by atoms with Crippen LogP contribution in [0.15, 0.2) is 16.3 Å². The minimum Gasteiger partial charge on any atom is -0.381 e. The van der Waals surface area contributed by atoms with E-state index in [9.17, 15) is 13.2 Å². The molecule has 1 aromatic rings. The number of nitrogens with one attached hydrogen (secondary N) is 1. The molecule has 1 aromatic heterocycles. The van der Waals surface area contributed by atoms with E-state index in [1.807, 2.05) is 0 Å². The van der Waals surface area contributed by atoms with Crippen molar-refractivity contribution in [1.29, 1.82) is 0 Å². The minimum atomic E-state index is -3.63. The highest BCUT2D eigenvalue weighted by atomic mass is 32.2. The quantitative estimate of drug-likeness (QED) is 0.666. The maximum atomic E-state index is 13.1. The number of ether oxygens (including phenoxy) is 2. The fraction of sp³-hybridized carbons (Fsp3) is 0.750. The minimum absolute atomic E-state index is 0.138. The number of thiophene rings is 1. The molecular formula is C20H31N3O5S2. The molecule has 30 heavy (non-hydrogen) atoms. The number of morpholine rings is 1. The summed E-state index contributed by atoms with van der Waals surface area (Å²) in [6.45, 7) is 6.06. The molecule has 1 amide bonds. The number of rotatable bonds is 7. The van der Waals surface area contributed by atoms with Crippen molar-refractivity contribution < 1.29 is 22.7 Å². The molecule has 0 aromatic carbocycles. The van der Waals surface area contributed by atoms with Crippen LogP contribution in [0.2, 0.25) is 0 Å².